The van der Waals surface area contributed by atoms with E-state index < -0.39 is 0 Å². The summed E-state index contributed by atoms with van der Waals surface area (Å²) in [5, 5.41) is 10.2. The molecule has 1 aliphatic carbocycles. The molecule has 0 aromatic carbocycles. The Morgan fingerprint density at radius 2 is 1.85 bits per heavy atom. The molecule has 1 N–H and O–H groups in total. The highest BCUT2D eigenvalue weighted by atomic mass is 16.3. The van der Waals surface area contributed by atoms with Crippen molar-refractivity contribution in [1.82, 2.24) is 14.7 Å². The van der Waals surface area contributed by atoms with Gasteiger partial charge in [0.1, 0.15) is 0 Å². The van der Waals surface area contributed by atoms with Crippen LogP contribution in [-0.4, -0.2) is 84.7 Å². The van der Waals surface area contributed by atoms with Crippen LogP contribution in [0.2, 0.25) is 0 Å². The molecule has 0 bridgehead atoms. The van der Waals surface area contributed by atoms with Crippen molar-refractivity contribution in [1.29, 1.82) is 0 Å². The van der Waals surface area contributed by atoms with E-state index in [-0.39, 0.29) is 12.0 Å². The van der Waals surface area contributed by atoms with Gasteiger partial charge in [0, 0.05) is 33.2 Å². The minimum atomic E-state index is -0.154. The molecular formula is C15H29N3O2. The van der Waals surface area contributed by atoms with Crippen LogP contribution in [-0.2, 0) is 4.79 Å². The van der Waals surface area contributed by atoms with Crippen molar-refractivity contribution in [3.63, 3.8) is 0 Å². The molecular weight excluding hydrogens is 254 g/mol. The number of aliphatic hydroxyl groups is 1. The predicted octanol–water partition coefficient (Wildman–Crippen LogP) is 0.386. The second kappa shape index (κ2) is 7.38. The monoisotopic (exact) mass is 283 g/mol. The molecule has 2 rings (SSSR count). The van der Waals surface area contributed by atoms with Crippen molar-refractivity contribution < 1.29 is 9.90 Å². The second-order valence-electron chi connectivity index (χ2n) is 6.37. The number of carbonyl (C=O) groups excluding carboxylic acids is 1. The van der Waals surface area contributed by atoms with Gasteiger partial charge in [0.15, 0.2) is 0 Å². The molecule has 2 aliphatic rings. The topological polar surface area (TPSA) is 47.0 Å². The Morgan fingerprint density at radius 3 is 2.55 bits per heavy atom. The Kier molecular flexibility index (Phi) is 5.81. The molecule has 5 nitrogen and oxygen atoms in total. The van der Waals surface area contributed by atoms with Gasteiger partial charge in [-0.3, -0.25) is 14.6 Å². The Bertz CT molecular complexity index is 322. The third kappa shape index (κ3) is 4.17. The average molecular weight is 283 g/mol. The van der Waals surface area contributed by atoms with E-state index in [0.29, 0.717) is 12.6 Å². The third-order valence-electron chi connectivity index (χ3n) is 4.64. The first-order chi connectivity index (χ1) is 9.58. The Labute approximate surface area is 122 Å². The van der Waals surface area contributed by atoms with Crippen LogP contribution in [0.5, 0.6) is 0 Å². The number of rotatable bonds is 3. The van der Waals surface area contributed by atoms with Crippen molar-refractivity contribution in [2.24, 2.45) is 0 Å². The van der Waals surface area contributed by atoms with E-state index in [2.05, 4.69) is 9.80 Å². The smallest absolute Gasteiger partial charge is 0.236 e. The lowest BCUT2D eigenvalue weighted by Crippen LogP contribution is -2.47. The lowest BCUT2D eigenvalue weighted by Gasteiger charge is -2.37. The molecule has 0 aromatic heterocycles. The minimum absolute atomic E-state index is 0.154. The van der Waals surface area contributed by atoms with Crippen LogP contribution in [0.15, 0.2) is 0 Å². The first-order valence-corrected chi connectivity index (χ1v) is 7.92. The van der Waals surface area contributed by atoms with Crippen molar-refractivity contribution in [2.45, 2.75) is 44.2 Å². The highest BCUT2D eigenvalue weighted by Crippen LogP contribution is 2.24. The standard InChI is InChI=1S/C15H29N3O2/c1-16(2)15(20)12-17-8-5-9-18(11-10-17)13-6-3-4-7-14(13)19/h13-14,19H,3-12H2,1-2H3. The summed E-state index contributed by atoms with van der Waals surface area (Å²) in [7, 11) is 3.62. The maximum Gasteiger partial charge on any atom is 0.236 e. The summed E-state index contributed by atoms with van der Waals surface area (Å²) >= 11 is 0. The molecule has 1 amide bonds. The zero-order chi connectivity index (χ0) is 14.5. The highest BCUT2D eigenvalue weighted by Gasteiger charge is 2.30. The summed E-state index contributed by atoms with van der Waals surface area (Å²) in [5.74, 6) is 0.177. The van der Waals surface area contributed by atoms with Gasteiger partial charge in [-0.05, 0) is 32.4 Å². The molecule has 1 aliphatic heterocycles. The Balaban J connectivity index is 1.84. The van der Waals surface area contributed by atoms with Gasteiger partial charge in [-0.1, -0.05) is 12.8 Å². The predicted molar refractivity (Wildman–Crippen MR) is 79.6 cm³/mol. The summed E-state index contributed by atoms with van der Waals surface area (Å²) in [4.78, 5) is 18.1. The quantitative estimate of drug-likeness (QED) is 0.814. The van der Waals surface area contributed by atoms with Crippen LogP contribution in [0.25, 0.3) is 0 Å². The number of likely N-dealkylation sites (N-methyl/N-ethyl adjacent to an activating group) is 1. The summed E-state index contributed by atoms with van der Waals surface area (Å²) in [5.41, 5.74) is 0. The van der Waals surface area contributed by atoms with Crippen LogP contribution in [0.4, 0.5) is 0 Å². The maximum absolute atomic E-state index is 11.8. The Morgan fingerprint density at radius 1 is 1.10 bits per heavy atom. The fourth-order valence-corrected chi connectivity index (χ4v) is 3.33. The van der Waals surface area contributed by atoms with Crippen LogP contribution in [0.1, 0.15) is 32.1 Å². The molecule has 0 radical (unpaired) electrons. The van der Waals surface area contributed by atoms with Crippen molar-refractivity contribution in [3.8, 4) is 0 Å². The van der Waals surface area contributed by atoms with E-state index in [1.165, 1.54) is 6.42 Å². The van der Waals surface area contributed by atoms with Crippen LogP contribution >= 0.6 is 0 Å². The number of aliphatic hydroxyl groups excluding tert-OH is 1. The fourth-order valence-electron chi connectivity index (χ4n) is 3.33. The largest absolute Gasteiger partial charge is 0.391 e. The first kappa shape index (κ1) is 15.7. The lowest BCUT2D eigenvalue weighted by atomic mass is 9.91. The van der Waals surface area contributed by atoms with Crippen molar-refractivity contribution >= 4 is 5.91 Å². The first-order valence-electron chi connectivity index (χ1n) is 7.92. The normalized spacial score (nSPS) is 29.9. The van der Waals surface area contributed by atoms with E-state index in [1.54, 1.807) is 4.90 Å². The summed E-state index contributed by atoms with van der Waals surface area (Å²) in [6.07, 6.45) is 5.40. The van der Waals surface area contributed by atoms with Gasteiger partial charge >= 0.3 is 0 Å². The number of hydrogen-bond acceptors (Lipinski definition) is 4. The van der Waals surface area contributed by atoms with E-state index >= 15 is 0 Å². The van der Waals surface area contributed by atoms with Crippen LogP contribution in [0, 0.1) is 0 Å². The molecule has 2 atom stereocenters. The summed E-state index contributed by atoms with van der Waals surface area (Å²) in [6, 6.07) is 0.341. The third-order valence-corrected chi connectivity index (χ3v) is 4.64. The van der Waals surface area contributed by atoms with Crippen LogP contribution in [0.3, 0.4) is 0 Å². The number of nitrogens with zero attached hydrogens (tertiary/aromatic N) is 3. The van der Waals surface area contributed by atoms with Crippen molar-refractivity contribution in [3.05, 3.63) is 0 Å². The van der Waals surface area contributed by atoms with Gasteiger partial charge in [-0.15, -0.1) is 0 Å². The zero-order valence-electron chi connectivity index (χ0n) is 12.9. The van der Waals surface area contributed by atoms with Crippen molar-refractivity contribution in [2.75, 3.05) is 46.8 Å². The summed E-state index contributed by atoms with van der Waals surface area (Å²) in [6.45, 7) is 4.46. The second-order valence-corrected chi connectivity index (χ2v) is 6.37. The van der Waals surface area contributed by atoms with Gasteiger partial charge in [-0.2, -0.15) is 0 Å². The Hall–Kier alpha value is -0.650. The molecule has 5 heteroatoms. The molecule has 1 saturated carbocycles. The highest BCUT2D eigenvalue weighted by molar-refractivity contribution is 5.77. The van der Waals surface area contributed by atoms with E-state index in [4.69, 9.17) is 0 Å². The van der Waals surface area contributed by atoms with Crippen LogP contribution < -0.4 is 0 Å². The minimum Gasteiger partial charge on any atom is -0.391 e. The molecule has 20 heavy (non-hydrogen) atoms. The van der Waals surface area contributed by atoms with Gasteiger partial charge in [-0.25, -0.2) is 0 Å². The molecule has 0 aromatic rings. The number of hydrogen-bond donors (Lipinski definition) is 1. The van der Waals surface area contributed by atoms with E-state index in [1.807, 2.05) is 14.1 Å². The van der Waals surface area contributed by atoms with Gasteiger partial charge in [0.2, 0.25) is 5.91 Å². The van der Waals surface area contributed by atoms with Gasteiger partial charge < -0.3 is 10.0 Å². The molecule has 2 fully saturated rings. The number of amides is 1. The number of carbonyl (C=O) groups is 1. The van der Waals surface area contributed by atoms with Gasteiger partial charge in [0.05, 0.1) is 12.6 Å². The molecule has 1 heterocycles. The van der Waals surface area contributed by atoms with Gasteiger partial charge in [0.25, 0.3) is 0 Å². The molecule has 116 valence electrons. The lowest BCUT2D eigenvalue weighted by molar-refractivity contribution is -0.129. The molecule has 0 spiro atoms. The molecule has 1 saturated heterocycles. The van der Waals surface area contributed by atoms with E-state index in [0.717, 1.165) is 51.9 Å². The summed E-state index contributed by atoms with van der Waals surface area (Å²) < 4.78 is 0. The SMILES string of the molecule is CN(C)C(=O)CN1CCCN(C2CCCCC2O)CC1. The fraction of sp³-hybridized carbons (Fsp3) is 0.933. The van der Waals surface area contributed by atoms with E-state index in [9.17, 15) is 9.90 Å². The zero-order valence-corrected chi connectivity index (χ0v) is 12.9. The maximum atomic E-state index is 11.8. The average Bonchev–Trinajstić information content (AvgIpc) is 2.65. The molecule has 2 unspecified atom stereocenters.